The second-order valence-electron chi connectivity index (χ2n) is 7.07. The largest absolute Gasteiger partial charge is 0.342 e. The molecule has 0 amide bonds. The van der Waals surface area contributed by atoms with E-state index in [0.29, 0.717) is 16.6 Å². The van der Waals surface area contributed by atoms with Crippen LogP contribution in [-0.4, -0.2) is 34.5 Å². The summed E-state index contributed by atoms with van der Waals surface area (Å²) in [7, 11) is 0. The van der Waals surface area contributed by atoms with Gasteiger partial charge in [0.2, 0.25) is 5.95 Å². The zero-order valence-corrected chi connectivity index (χ0v) is 16.1. The number of rotatable bonds is 3. The van der Waals surface area contributed by atoms with E-state index in [2.05, 4.69) is 14.8 Å². The predicted molar refractivity (Wildman–Crippen MR) is 105 cm³/mol. The molecule has 1 fully saturated rings. The van der Waals surface area contributed by atoms with Crippen LogP contribution in [0.2, 0.25) is 10.0 Å². The monoisotopic (exact) mass is 392 g/mol. The number of halogens is 2. The van der Waals surface area contributed by atoms with Crippen LogP contribution in [0.5, 0.6) is 0 Å². The summed E-state index contributed by atoms with van der Waals surface area (Å²) in [6.45, 7) is 4.22. The Morgan fingerprint density at radius 1 is 1.08 bits per heavy atom. The quantitative estimate of drug-likeness (QED) is 0.866. The lowest BCUT2D eigenvalue weighted by Gasteiger charge is -2.31. The molecule has 0 unspecified atom stereocenters. The Kier molecular flexibility index (Phi) is 5.20. The van der Waals surface area contributed by atoms with Gasteiger partial charge in [0.1, 0.15) is 0 Å². The van der Waals surface area contributed by atoms with Gasteiger partial charge in [0.05, 0.1) is 15.7 Å². The molecule has 0 spiro atoms. The molecule has 0 bridgehead atoms. The van der Waals surface area contributed by atoms with Gasteiger partial charge in [0.25, 0.3) is 5.56 Å². The number of nitrogens with zero attached hydrogens (tertiary/aromatic N) is 3. The van der Waals surface area contributed by atoms with Crippen LogP contribution in [0.15, 0.2) is 23.0 Å². The molecular formula is C19H22Cl2N4O. The zero-order valence-electron chi connectivity index (χ0n) is 14.6. The van der Waals surface area contributed by atoms with Crippen molar-refractivity contribution in [3.8, 4) is 0 Å². The molecule has 3 heterocycles. The van der Waals surface area contributed by atoms with E-state index in [0.717, 1.165) is 68.2 Å². The van der Waals surface area contributed by atoms with E-state index < -0.39 is 0 Å². The standard InChI is InChI=1S/C19H22Cl2N4O/c20-15-5-4-13(10-16(15)21)11-24-9-6-14-17(12-24)22-19(23-18(14)26)25-7-2-1-3-8-25/h4-5,10H,1-3,6-9,11-12H2,(H,22,23,26). The third kappa shape index (κ3) is 3.75. The second kappa shape index (κ2) is 7.59. The smallest absolute Gasteiger partial charge is 0.255 e. The first-order chi connectivity index (χ1) is 12.6. The van der Waals surface area contributed by atoms with E-state index in [1.165, 1.54) is 6.42 Å². The van der Waals surface area contributed by atoms with E-state index in [4.69, 9.17) is 28.2 Å². The summed E-state index contributed by atoms with van der Waals surface area (Å²) in [5.41, 5.74) is 2.87. The molecule has 5 nitrogen and oxygen atoms in total. The summed E-state index contributed by atoms with van der Waals surface area (Å²) >= 11 is 12.1. The van der Waals surface area contributed by atoms with Crippen molar-refractivity contribution in [1.82, 2.24) is 14.9 Å². The van der Waals surface area contributed by atoms with Gasteiger partial charge in [-0.3, -0.25) is 14.7 Å². The molecule has 1 N–H and O–H groups in total. The maximum absolute atomic E-state index is 12.5. The maximum Gasteiger partial charge on any atom is 0.255 e. The molecule has 138 valence electrons. The summed E-state index contributed by atoms with van der Waals surface area (Å²) in [5, 5.41) is 1.14. The minimum absolute atomic E-state index is 0.0183. The van der Waals surface area contributed by atoms with Gasteiger partial charge in [-0.25, -0.2) is 4.98 Å². The molecule has 2 aliphatic rings. The van der Waals surface area contributed by atoms with E-state index in [1.807, 2.05) is 18.2 Å². The molecule has 4 rings (SSSR count). The highest BCUT2D eigenvalue weighted by Crippen LogP contribution is 2.25. The summed E-state index contributed by atoms with van der Waals surface area (Å²) in [5.74, 6) is 0.727. The molecule has 0 atom stereocenters. The number of fused-ring (bicyclic) bond motifs is 1. The maximum atomic E-state index is 12.5. The lowest BCUT2D eigenvalue weighted by Crippen LogP contribution is -2.38. The molecule has 0 saturated carbocycles. The zero-order chi connectivity index (χ0) is 18.1. The first-order valence-electron chi connectivity index (χ1n) is 9.13. The summed E-state index contributed by atoms with van der Waals surface area (Å²) in [4.78, 5) is 24.8. The number of nitrogens with one attached hydrogen (secondary N) is 1. The fraction of sp³-hybridized carbons (Fsp3) is 0.474. The van der Waals surface area contributed by atoms with E-state index in [9.17, 15) is 4.79 Å². The topological polar surface area (TPSA) is 52.2 Å². The predicted octanol–water partition coefficient (Wildman–Crippen LogP) is 3.63. The molecule has 1 aromatic heterocycles. The summed E-state index contributed by atoms with van der Waals surface area (Å²) in [6, 6.07) is 5.73. The van der Waals surface area contributed by atoms with Crippen molar-refractivity contribution in [2.24, 2.45) is 0 Å². The Labute approximate surface area is 162 Å². The van der Waals surface area contributed by atoms with Crippen LogP contribution in [0.1, 0.15) is 36.1 Å². The highest BCUT2D eigenvalue weighted by Gasteiger charge is 2.23. The number of anilines is 1. The van der Waals surface area contributed by atoms with Gasteiger partial charge in [-0.15, -0.1) is 0 Å². The van der Waals surface area contributed by atoms with Crippen molar-refractivity contribution in [2.75, 3.05) is 24.5 Å². The van der Waals surface area contributed by atoms with E-state index in [1.54, 1.807) is 0 Å². The first-order valence-corrected chi connectivity index (χ1v) is 9.89. The number of aromatic nitrogens is 2. The van der Waals surface area contributed by atoms with Gasteiger partial charge in [0.15, 0.2) is 0 Å². The molecule has 7 heteroatoms. The van der Waals surface area contributed by atoms with Crippen LogP contribution >= 0.6 is 23.2 Å². The summed E-state index contributed by atoms with van der Waals surface area (Å²) < 4.78 is 0. The molecule has 26 heavy (non-hydrogen) atoms. The van der Waals surface area contributed by atoms with Crippen molar-refractivity contribution in [3.63, 3.8) is 0 Å². The summed E-state index contributed by atoms with van der Waals surface area (Å²) in [6.07, 6.45) is 4.29. The van der Waals surface area contributed by atoms with Gasteiger partial charge < -0.3 is 4.90 Å². The van der Waals surface area contributed by atoms with Crippen LogP contribution in [0.25, 0.3) is 0 Å². The van der Waals surface area contributed by atoms with Crippen LogP contribution in [0, 0.1) is 0 Å². The number of piperidine rings is 1. The molecule has 2 aliphatic heterocycles. The van der Waals surface area contributed by atoms with Crippen molar-refractivity contribution < 1.29 is 0 Å². The molecule has 1 saturated heterocycles. The van der Waals surface area contributed by atoms with Crippen molar-refractivity contribution in [3.05, 3.63) is 55.4 Å². The highest BCUT2D eigenvalue weighted by atomic mass is 35.5. The Hall–Kier alpha value is -1.56. The van der Waals surface area contributed by atoms with Gasteiger partial charge >= 0.3 is 0 Å². The minimum atomic E-state index is 0.0183. The Morgan fingerprint density at radius 2 is 1.88 bits per heavy atom. The fourth-order valence-corrected chi connectivity index (χ4v) is 4.09. The molecule has 0 aliphatic carbocycles. The van der Waals surface area contributed by atoms with Crippen molar-refractivity contribution in [1.29, 1.82) is 0 Å². The number of aromatic amines is 1. The third-order valence-corrected chi connectivity index (χ3v) is 5.92. The van der Waals surface area contributed by atoms with Gasteiger partial charge in [-0.1, -0.05) is 29.3 Å². The van der Waals surface area contributed by atoms with Gasteiger partial charge in [0, 0.05) is 38.3 Å². The second-order valence-corrected chi connectivity index (χ2v) is 7.89. The molecule has 2 aromatic rings. The number of hydrogen-bond acceptors (Lipinski definition) is 4. The lowest BCUT2D eigenvalue weighted by molar-refractivity contribution is 0.240. The molecule has 1 aromatic carbocycles. The van der Waals surface area contributed by atoms with Crippen LogP contribution in [-0.2, 0) is 19.5 Å². The minimum Gasteiger partial charge on any atom is -0.342 e. The lowest BCUT2D eigenvalue weighted by atomic mass is 10.1. The van der Waals surface area contributed by atoms with Gasteiger partial charge in [-0.2, -0.15) is 0 Å². The first kappa shape index (κ1) is 17.8. The van der Waals surface area contributed by atoms with Gasteiger partial charge in [-0.05, 0) is 43.4 Å². The van der Waals surface area contributed by atoms with Crippen LogP contribution < -0.4 is 10.5 Å². The van der Waals surface area contributed by atoms with Crippen molar-refractivity contribution >= 4 is 29.2 Å². The average Bonchev–Trinajstić information content (AvgIpc) is 2.65. The van der Waals surface area contributed by atoms with E-state index >= 15 is 0 Å². The number of benzene rings is 1. The highest BCUT2D eigenvalue weighted by molar-refractivity contribution is 6.42. The van der Waals surface area contributed by atoms with Crippen molar-refractivity contribution in [2.45, 2.75) is 38.8 Å². The number of hydrogen-bond donors (Lipinski definition) is 1. The normalized spacial score (nSPS) is 18.0. The molecule has 0 radical (unpaired) electrons. The third-order valence-electron chi connectivity index (χ3n) is 5.19. The average molecular weight is 393 g/mol. The SMILES string of the molecule is O=c1[nH]c(N2CCCCC2)nc2c1CCN(Cc1ccc(Cl)c(Cl)c1)C2. The molecular weight excluding hydrogens is 371 g/mol. The fourth-order valence-electron chi connectivity index (χ4n) is 3.77. The van der Waals surface area contributed by atoms with Crippen LogP contribution in [0.4, 0.5) is 5.95 Å². The number of H-pyrrole nitrogens is 1. The Balaban J connectivity index is 1.54. The Bertz CT molecular complexity index is 861. The Morgan fingerprint density at radius 3 is 2.65 bits per heavy atom. The van der Waals surface area contributed by atoms with E-state index in [-0.39, 0.29) is 5.56 Å². The van der Waals surface area contributed by atoms with Crippen LogP contribution in [0.3, 0.4) is 0 Å².